The van der Waals surface area contributed by atoms with Gasteiger partial charge < -0.3 is 15.4 Å². The van der Waals surface area contributed by atoms with E-state index in [1.54, 1.807) is 24.1 Å². The van der Waals surface area contributed by atoms with E-state index in [4.69, 9.17) is 10.5 Å². The van der Waals surface area contributed by atoms with Gasteiger partial charge in [-0.1, -0.05) is 36.4 Å². The maximum Gasteiger partial charge on any atom is 0.254 e. The fourth-order valence-electron chi connectivity index (χ4n) is 2.14. The lowest BCUT2D eigenvalue weighted by molar-refractivity contribution is 0.0670. The minimum Gasteiger partial charge on any atom is -0.399 e. The van der Waals surface area contributed by atoms with Crippen molar-refractivity contribution in [1.29, 1.82) is 0 Å². The second kappa shape index (κ2) is 9.18. The van der Waals surface area contributed by atoms with Crippen molar-refractivity contribution in [2.24, 2.45) is 0 Å². The molecule has 1 amide bonds. The van der Waals surface area contributed by atoms with Gasteiger partial charge in [0.15, 0.2) is 0 Å². The normalized spacial score (nSPS) is 10.0. The lowest BCUT2D eigenvalue weighted by atomic mass is 10.1. The van der Waals surface area contributed by atoms with Crippen LogP contribution in [0.15, 0.2) is 48.5 Å². The molecule has 0 radical (unpaired) electrons. The number of nitrogens with zero attached hydrogens (tertiary/aromatic N) is 1. The summed E-state index contributed by atoms with van der Waals surface area (Å²) in [7, 11) is 1.77. The third kappa shape index (κ3) is 5.58. The van der Waals surface area contributed by atoms with E-state index in [1.807, 2.05) is 43.3 Å². The molecule has 0 atom stereocenters. The highest BCUT2D eigenvalue weighted by Gasteiger charge is 2.14. The monoisotopic (exact) mass is 334 g/mol. The van der Waals surface area contributed by atoms with Crippen LogP contribution in [-0.2, 0) is 11.3 Å². The van der Waals surface area contributed by atoms with Crippen LogP contribution in [0.5, 0.6) is 0 Å². The molecule has 2 rings (SSSR count). The van der Waals surface area contributed by atoms with Crippen molar-refractivity contribution >= 4 is 24.0 Å². The molecule has 0 aliphatic heterocycles. The Balaban J connectivity index is 0.00000264. The largest absolute Gasteiger partial charge is 0.399 e. The molecule has 0 heterocycles. The molecule has 0 spiro atoms. The molecule has 2 N–H and O–H groups in total. The number of likely N-dealkylation sites (N-methyl/N-ethyl adjacent to an activating group) is 1. The molecule has 0 unspecified atom stereocenters. The lowest BCUT2D eigenvalue weighted by Gasteiger charge is -2.18. The molecule has 124 valence electrons. The first-order chi connectivity index (χ1) is 10.6. The Morgan fingerprint density at radius 2 is 1.87 bits per heavy atom. The molecule has 0 aliphatic rings. The van der Waals surface area contributed by atoms with Crippen LogP contribution in [0.25, 0.3) is 0 Å². The minimum absolute atomic E-state index is 0. The summed E-state index contributed by atoms with van der Waals surface area (Å²) in [5.41, 5.74) is 9.05. The first-order valence-electron chi connectivity index (χ1n) is 7.31. The molecular weight excluding hydrogens is 312 g/mol. The SMILES string of the molecule is Cc1ccc(N)cc1C(=O)N(C)CCOCc1ccccc1.Cl. The summed E-state index contributed by atoms with van der Waals surface area (Å²) in [6.07, 6.45) is 0. The van der Waals surface area contributed by atoms with Gasteiger partial charge in [0, 0.05) is 24.8 Å². The maximum atomic E-state index is 12.4. The van der Waals surface area contributed by atoms with E-state index >= 15 is 0 Å². The van der Waals surface area contributed by atoms with E-state index in [9.17, 15) is 4.79 Å². The zero-order chi connectivity index (χ0) is 15.9. The first-order valence-corrected chi connectivity index (χ1v) is 7.31. The van der Waals surface area contributed by atoms with Gasteiger partial charge >= 0.3 is 0 Å². The van der Waals surface area contributed by atoms with E-state index in [0.29, 0.717) is 31.0 Å². The summed E-state index contributed by atoms with van der Waals surface area (Å²) in [5.74, 6) is -0.0342. The Bertz CT molecular complexity index is 632. The number of carbonyl (C=O) groups is 1. The Labute approximate surface area is 143 Å². The quantitative estimate of drug-likeness (QED) is 0.651. The Kier molecular flexibility index (Phi) is 7.59. The number of nitrogen functional groups attached to an aromatic ring is 1. The predicted octanol–water partition coefficient (Wildman–Crippen LogP) is 3.29. The maximum absolute atomic E-state index is 12.4. The second-order valence-electron chi connectivity index (χ2n) is 5.34. The van der Waals surface area contributed by atoms with Crippen LogP contribution in [0.3, 0.4) is 0 Å². The summed E-state index contributed by atoms with van der Waals surface area (Å²) in [6, 6.07) is 15.4. The van der Waals surface area contributed by atoms with Crippen molar-refractivity contribution < 1.29 is 9.53 Å². The number of aryl methyl sites for hydroxylation is 1. The topological polar surface area (TPSA) is 55.6 Å². The third-order valence-electron chi connectivity index (χ3n) is 3.52. The van der Waals surface area contributed by atoms with Crippen LogP contribution in [0, 0.1) is 6.92 Å². The highest BCUT2D eigenvalue weighted by Crippen LogP contribution is 2.14. The van der Waals surface area contributed by atoms with Crippen molar-refractivity contribution in [3.63, 3.8) is 0 Å². The van der Waals surface area contributed by atoms with Crippen LogP contribution in [0.1, 0.15) is 21.5 Å². The van der Waals surface area contributed by atoms with E-state index in [-0.39, 0.29) is 18.3 Å². The molecule has 0 fully saturated rings. The van der Waals surface area contributed by atoms with Gasteiger partial charge in [-0.05, 0) is 30.2 Å². The predicted molar refractivity (Wildman–Crippen MR) is 95.9 cm³/mol. The number of hydrogen-bond donors (Lipinski definition) is 1. The number of halogens is 1. The molecule has 0 saturated heterocycles. The summed E-state index contributed by atoms with van der Waals surface area (Å²) in [5, 5.41) is 0. The number of anilines is 1. The number of ether oxygens (including phenoxy) is 1. The van der Waals surface area contributed by atoms with Crippen molar-refractivity contribution in [2.45, 2.75) is 13.5 Å². The van der Waals surface area contributed by atoms with E-state index in [2.05, 4.69) is 0 Å². The van der Waals surface area contributed by atoms with E-state index in [1.165, 1.54) is 0 Å². The zero-order valence-electron chi connectivity index (χ0n) is 13.5. The summed E-state index contributed by atoms with van der Waals surface area (Å²) >= 11 is 0. The van der Waals surface area contributed by atoms with Crippen LogP contribution >= 0.6 is 12.4 Å². The summed E-state index contributed by atoms with van der Waals surface area (Å²) in [6.45, 7) is 3.50. The van der Waals surface area contributed by atoms with Gasteiger partial charge in [0.25, 0.3) is 5.91 Å². The van der Waals surface area contributed by atoms with Crippen LogP contribution in [0.2, 0.25) is 0 Å². The van der Waals surface area contributed by atoms with Crippen molar-refractivity contribution in [1.82, 2.24) is 4.90 Å². The number of nitrogens with two attached hydrogens (primary N) is 1. The molecular formula is C18H23ClN2O2. The van der Waals surface area contributed by atoms with Crippen molar-refractivity contribution in [2.75, 3.05) is 25.9 Å². The molecule has 0 aliphatic carbocycles. The molecule has 0 saturated carbocycles. The van der Waals surface area contributed by atoms with Crippen LogP contribution in [0.4, 0.5) is 5.69 Å². The van der Waals surface area contributed by atoms with Gasteiger partial charge in [0.05, 0.1) is 13.2 Å². The average Bonchev–Trinajstić information content (AvgIpc) is 2.54. The van der Waals surface area contributed by atoms with Gasteiger partial charge in [-0.3, -0.25) is 4.79 Å². The first kappa shape index (κ1) is 19.0. The average molecular weight is 335 g/mol. The molecule has 2 aromatic rings. The fourth-order valence-corrected chi connectivity index (χ4v) is 2.14. The fraction of sp³-hybridized carbons (Fsp3) is 0.278. The molecule has 4 nitrogen and oxygen atoms in total. The lowest BCUT2D eigenvalue weighted by Crippen LogP contribution is -2.30. The molecule has 5 heteroatoms. The zero-order valence-corrected chi connectivity index (χ0v) is 14.3. The summed E-state index contributed by atoms with van der Waals surface area (Å²) in [4.78, 5) is 14.1. The molecule has 23 heavy (non-hydrogen) atoms. The van der Waals surface area contributed by atoms with Crippen molar-refractivity contribution in [3.8, 4) is 0 Å². The number of carbonyl (C=O) groups excluding carboxylic acids is 1. The molecule has 2 aromatic carbocycles. The number of hydrogen-bond acceptors (Lipinski definition) is 3. The second-order valence-corrected chi connectivity index (χ2v) is 5.34. The minimum atomic E-state index is -0.0342. The molecule has 0 bridgehead atoms. The van der Waals surface area contributed by atoms with Gasteiger partial charge in [0.1, 0.15) is 0 Å². The van der Waals surface area contributed by atoms with Crippen LogP contribution in [-0.4, -0.2) is 31.0 Å². The van der Waals surface area contributed by atoms with Crippen LogP contribution < -0.4 is 5.73 Å². The van der Waals surface area contributed by atoms with E-state index in [0.717, 1.165) is 11.1 Å². The van der Waals surface area contributed by atoms with Gasteiger partial charge in [-0.2, -0.15) is 0 Å². The summed E-state index contributed by atoms with van der Waals surface area (Å²) < 4.78 is 5.61. The number of amides is 1. The van der Waals surface area contributed by atoms with Crippen molar-refractivity contribution in [3.05, 3.63) is 65.2 Å². The number of benzene rings is 2. The van der Waals surface area contributed by atoms with E-state index < -0.39 is 0 Å². The third-order valence-corrected chi connectivity index (χ3v) is 3.52. The van der Waals surface area contributed by atoms with Gasteiger partial charge in [-0.15, -0.1) is 12.4 Å². The highest BCUT2D eigenvalue weighted by molar-refractivity contribution is 5.96. The Morgan fingerprint density at radius 1 is 1.17 bits per heavy atom. The van der Waals surface area contributed by atoms with Gasteiger partial charge in [-0.25, -0.2) is 0 Å². The smallest absolute Gasteiger partial charge is 0.254 e. The molecule has 0 aromatic heterocycles. The highest BCUT2D eigenvalue weighted by atomic mass is 35.5. The Morgan fingerprint density at radius 3 is 2.57 bits per heavy atom. The Hall–Kier alpha value is -2.04. The number of rotatable bonds is 6. The standard InChI is InChI=1S/C18H22N2O2.ClH/c1-14-8-9-16(19)12-17(14)18(21)20(2)10-11-22-13-15-6-4-3-5-7-15;/h3-9,12H,10-11,13,19H2,1-2H3;1H. The van der Waals surface area contributed by atoms with Gasteiger partial charge in [0.2, 0.25) is 0 Å².